The molecule has 0 aromatic carbocycles. The van der Waals surface area contributed by atoms with Gasteiger partial charge in [-0.05, 0) is 25.2 Å². The first kappa shape index (κ1) is 15.4. The summed E-state index contributed by atoms with van der Waals surface area (Å²) in [4.78, 5) is 14.0. The topological polar surface area (TPSA) is 49.8 Å². The molecule has 0 heterocycles. The number of carbonyl (C=O) groups excluding carboxylic acids is 1. The van der Waals surface area contributed by atoms with Crippen molar-refractivity contribution in [3.63, 3.8) is 0 Å². The Kier molecular flexibility index (Phi) is 8.01. The smallest absolute Gasteiger partial charge is 0.222 e. The van der Waals surface area contributed by atoms with Crippen LogP contribution in [0.15, 0.2) is 0 Å². The van der Waals surface area contributed by atoms with E-state index in [1.807, 2.05) is 0 Å². The highest BCUT2D eigenvalue weighted by Gasteiger charge is 2.20. The minimum absolute atomic E-state index is 0.0450. The molecule has 0 saturated heterocycles. The van der Waals surface area contributed by atoms with Crippen molar-refractivity contribution in [2.45, 2.75) is 44.9 Å². The summed E-state index contributed by atoms with van der Waals surface area (Å²) in [5, 5.41) is 9.02. The molecule has 0 aliphatic heterocycles. The monoisotopic (exact) mass is 257 g/mol. The van der Waals surface area contributed by atoms with E-state index in [0.29, 0.717) is 32.0 Å². The molecule has 0 aromatic rings. The van der Waals surface area contributed by atoms with Gasteiger partial charge in [-0.1, -0.05) is 19.3 Å². The first-order valence-corrected chi connectivity index (χ1v) is 7.15. The van der Waals surface area contributed by atoms with Gasteiger partial charge < -0.3 is 14.7 Å². The van der Waals surface area contributed by atoms with Crippen LogP contribution in [0.4, 0.5) is 0 Å². The maximum atomic E-state index is 12.2. The molecule has 106 valence electrons. The van der Waals surface area contributed by atoms with E-state index in [1.165, 1.54) is 32.1 Å². The summed E-state index contributed by atoms with van der Waals surface area (Å²) in [5.41, 5.74) is 0. The Morgan fingerprint density at radius 2 is 2.00 bits per heavy atom. The highest BCUT2D eigenvalue weighted by atomic mass is 16.5. The largest absolute Gasteiger partial charge is 0.395 e. The lowest BCUT2D eigenvalue weighted by molar-refractivity contribution is -0.133. The first-order chi connectivity index (χ1) is 8.77. The number of hydrogen-bond donors (Lipinski definition) is 1. The van der Waals surface area contributed by atoms with Crippen LogP contribution in [0.2, 0.25) is 0 Å². The predicted octanol–water partition coefficient (Wildman–Crippen LogP) is 1.81. The fourth-order valence-corrected chi connectivity index (χ4v) is 2.65. The van der Waals surface area contributed by atoms with E-state index in [9.17, 15) is 4.79 Å². The van der Waals surface area contributed by atoms with E-state index in [-0.39, 0.29) is 12.5 Å². The zero-order valence-electron chi connectivity index (χ0n) is 11.6. The van der Waals surface area contributed by atoms with Gasteiger partial charge in [0, 0.05) is 33.2 Å². The van der Waals surface area contributed by atoms with Gasteiger partial charge in [-0.15, -0.1) is 0 Å². The Labute approximate surface area is 110 Å². The third-order valence-electron chi connectivity index (χ3n) is 3.69. The normalized spacial score (nSPS) is 16.8. The highest BCUT2D eigenvalue weighted by Crippen LogP contribution is 2.26. The predicted molar refractivity (Wildman–Crippen MR) is 71.4 cm³/mol. The molecule has 0 spiro atoms. The van der Waals surface area contributed by atoms with Crippen LogP contribution in [0.1, 0.15) is 44.9 Å². The van der Waals surface area contributed by atoms with Crippen LogP contribution in [0.5, 0.6) is 0 Å². The van der Waals surface area contributed by atoms with Crippen molar-refractivity contribution in [1.82, 2.24) is 4.90 Å². The molecule has 0 bridgehead atoms. The van der Waals surface area contributed by atoms with Crippen LogP contribution in [0.25, 0.3) is 0 Å². The van der Waals surface area contributed by atoms with E-state index in [1.54, 1.807) is 12.0 Å². The van der Waals surface area contributed by atoms with Crippen LogP contribution in [-0.2, 0) is 9.53 Å². The molecule has 1 aliphatic carbocycles. The molecule has 1 saturated carbocycles. The van der Waals surface area contributed by atoms with E-state index >= 15 is 0 Å². The van der Waals surface area contributed by atoms with Gasteiger partial charge in [-0.25, -0.2) is 0 Å². The molecule has 1 amide bonds. The number of hydrogen-bond acceptors (Lipinski definition) is 3. The zero-order valence-corrected chi connectivity index (χ0v) is 11.6. The number of nitrogens with zero attached hydrogens (tertiary/aromatic N) is 1. The molecular weight excluding hydrogens is 230 g/mol. The number of rotatable bonds is 8. The minimum Gasteiger partial charge on any atom is -0.395 e. The fourth-order valence-electron chi connectivity index (χ4n) is 2.65. The van der Waals surface area contributed by atoms with Gasteiger partial charge >= 0.3 is 0 Å². The van der Waals surface area contributed by atoms with Gasteiger partial charge in [0.2, 0.25) is 5.91 Å². The summed E-state index contributed by atoms with van der Waals surface area (Å²) in [7, 11) is 1.67. The summed E-state index contributed by atoms with van der Waals surface area (Å²) in [6.07, 6.45) is 7.73. The van der Waals surface area contributed by atoms with E-state index in [2.05, 4.69) is 0 Å². The Morgan fingerprint density at radius 1 is 1.28 bits per heavy atom. The van der Waals surface area contributed by atoms with Crippen LogP contribution < -0.4 is 0 Å². The van der Waals surface area contributed by atoms with Crippen LogP contribution in [0.3, 0.4) is 0 Å². The summed E-state index contributed by atoms with van der Waals surface area (Å²) in [5.74, 6) is 0.766. The second-order valence-corrected chi connectivity index (χ2v) is 5.16. The van der Waals surface area contributed by atoms with Crippen molar-refractivity contribution in [2.24, 2.45) is 5.92 Å². The molecule has 0 unspecified atom stereocenters. The molecule has 4 heteroatoms. The SMILES string of the molecule is COCCCN(CCO)C(=O)CC1CCCCC1. The second kappa shape index (κ2) is 9.34. The molecule has 0 radical (unpaired) electrons. The summed E-state index contributed by atoms with van der Waals surface area (Å²) >= 11 is 0. The van der Waals surface area contributed by atoms with Crippen molar-refractivity contribution < 1.29 is 14.6 Å². The lowest BCUT2D eigenvalue weighted by Crippen LogP contribution is -2.36. The number of aliphatic hydroxyl groups excluding tert-OH is 1. The van der Waals surface area contributed by atoms with Crippen molar-refractivity contribution in [1.29, 1.82) is 0 Å². The minimum atomic E-state index is 0.0450. The number of carbonyl (C=O) groups is 1. The molecule has 1 N–H and O–H groups in total. The van der Waals surface area contributed by atoms with Crippen molar-refractivity contribution in [3.8, 4) is 0 Å². The maximum Gasteiger partial charge on any atom is 0.222 e. The van der Waals surface area contributed by atoms with E-state index in [0.717, 1.165) is 6.42 Å². The molecular formula is C14H27NO3. The average Bonchev–Trinajstić information content (AvgIpc) is 2.39. The van der Waals surface area contributed by atoms with Crippen LogP contribution in [-0.4, -0.2) is 49.3 Å². The number of methoxy groups -OCH3 is 1. The van der Waals surface area contributed by atoms with Gasteiger partial charge in [0.15, 0.2) is 0 Å². The Morgan fingerprint density at radius 3 is 2.61 bits per heavy atom. The van der Waals surface area contributed by atoms with Gasteiger partial charge in [-0.3, -0.25) is 4.79 Å². The number of aliphatic hydroxyl groups is 1. The molecule has 18 heavy (non-hydrogen) atoms. The van der Waals surface area contributed by atoms with Crippen LogP contribution in [0, 0.1) is 5.92 Å². The van der Waals surface area contributed by atoms with Crippen molar-refractivity contribution >= 4 is 5.91 Å². The van der Waals surface area contributed by atoms with Crippen molar-refractivity contribution in [2.75, 3.05) is 33.4 Å². The Hall–Kier alpha value is -0.610. The van der Waals surface area contributed by atoms with Crippen LogP contribution >= 0.6 is 0 Å². The maximum absolute atomic E-state index is 12.2. The standard InChI is InChI=1S/C14H27NO3/c1-18-11-5-8-15(9-10-16)14(17)12-13-6-3-2-4-7-13/h13,16H,2-12H2,1H3. The lowest BCUT2D eigenvalue weighted by Gasteiger charge is -2.26. The zero-order chi connectivity index (χ0) is 13.2. The van der Waals surface area contributed by atoms with Crippen molar-refractivity contribution in [3.05, 3.63) is 0 Å². The molecule has 1 aliphatic rings. The lowest BCUT2D eigenvalue weighted by atomic mass is 9.86. The van der Waals surface area contributed by atoms with Gasteiger partial charge in [-0.2, -0.15) is 0 Å². The third kappa shape index (κ3) is 5.83. The molecule has 0 atom stereocenters. The number of amides is 1. The third-order valence-corrected chi connectivity index (χ3v) is 3.69. The summed E-state index contributed by atoms with van der Waals surface area (Å²) < 4.78 is 5.00. The van der Waals surface area contributed by atoms with Gasteiger partial charge in [0.05, 0.1) is 6.61 Å². The Balaban J connectivity index is 2.32. The molecule has 1 rings (SSSR count). The highest BCUT2D eigenvalue weighted by molar-refractivity contribution is 5.76. The quantitative estimate of drug-likeness (QED) is 0.675. The number of ether oxygens (including phenoxy) is 1. The van der Waals surface area contributed by atoms with E-state index in [4.69, 9.17) is 9.84 Å². The summed E-state index contributed by atoms with van der Waals surface area (Å²) in [6.45, 7) is 1.86. The first-order valence-electron chi connectivity index (χ1n) is 7.15. The fraction of sp³-hybridized carbons (Fsp3) is 0.929. The van der Waals surface area contributed by atoms with E-state index < -0.39 is 0 Å². The Bertz CT molecular complexity index is 227. The summed E-state index contributed by atoms with van der Waals surface area (Å²) in [6, 6.07) is 0. The molecule has 0 aromatic heterocycles. The van der Waals surface area contributed by atoms with Gasteiger partial charge in [0.25, 0.3) is 0 Å². The molecule has 1 fully saturated rings. The second-order valence-electron chi connectivity index (χ2n) is 5.16. The average molecular weight is 257 g/mol. The van der Waals surface area contributed by atoms with Gasteiger partial charge in [0.1, 0.15) is 0 Å². The molecule has 4 nitrogen and oxygen atoms in total.